The van der Waals surface area contributed by atoms with Crippen LogP contribution in [0.25, 0.3) is 0 Å². The van der Waals surface area contributed by atoms with Gasteiger partial charge in [-0.05, 0) is 24.6 Å². The van der Waals surface area contributed by atoms with Crippen molar-refractivity contribution < 1.29 is 14.7 Å². The number of carboxylic acid groups (broad SMARTS) is 1. The van der Waals surface area contributed by atoms with Gasteiger partial charge < -0.3 is 15.0 Å². The molecular weight excluding hydrogens is 286 g/mol. The Labute approximate surface area is 126 Å². The third-order valence-corrected chi connectivity index (χ3v) is 3.02. The van der Waals surface area contributed by atoms with E-state index in [9.17, 15) is 14.4 Å². The lowest BCUT2D eigenvalue weighted by molar-refractivity contribution is 0.0695. The van der Waals surface area contributed by atoms with Crippen LogP contribution in [0.3, 0.4) is 0 Å². The standard InChI is InChI=1S/C15H15N3O4/c19-13-5-4-12(15(21)22)10-18(13)8-2-7-17-14(20)11-3-1-6-16-9-11/h1,3-6,9-10H,2,7-8H2,(H,17,20)(H,21,22). The predicted molar refractivity (Wildman–Crippen MR) is 78.8 cm³/mol. The monoisotopic (exact) mass is 301 g/mol. The number of nitrogens with one attached hydrogen (secondary N) is 1. The van der Waals surface area contributed by atoms with Gasteiger partial charge in [-0.1, -0.05) is 0 Å². The molecule has 1 amide bonds. The maximum Gasteiger partial charge on any atom is 0.337 e. The molecule has 0 unspecified atom stereocenters. The summed E-state index contributed by atoms with van der Waals surface area (Å²) in [5.74, 6) is -1.32. The van der Waals surface area contributed by atoms with Gasteiger partial charge in [0.1, 0.15) is 0 Å². The Morgan fingerprint density at radius 1 is 1.23 bits per heavy atom. The molecule has 2 aromatic rings. The third kappa shape index (κ3) is 4.02. The highest BCUT2D eigenvalue weighted by Gasteiger charge is 2.06. The molecule has 2 rings (SSSR count). The summed E-state index contributed by atoms with van der Waals surface area (Å²) in [5, 5.41) is 11.6. The average molecular weight is 301 g/mol. The number of hydrogen-bond acceptors (Lipinski definition) is 4. The van der Waals surface area contributed by atoms with Gasteiger partial charge in [0, 0.05) is 37.7 Å². The summed E-state index contributed by atoms with van der Waals surface area (Å²) >= 11 is 0. The fourth-order valence-electron chi connectivity index (χ4n) is 1.88. The van der Waals surface area contributed by atoms with Crippen LogP contribution in [0.15, 0.2) is 47.7 Å². The van der Waals surface area contributed by atoms with E-state index in [2.05, 4.69) is 10.3 Å². The molecule has 0 bridgehead atoms. The number of nitrogens with zero attached hydrogens (tertiary/aromatic N) is 2. The number of hydrogen-bond donors (Lipinski definition) is 2. The van der Waals surface area contributed by atoms with Crippen LogP contribution in [0.2, 0.25) is 0 Å². The highest BCUT2D eigenvalue weighted by atomic mass is 16.4. The van der Waals surface area contributed by atoms with Crippen LogP contribution in [0, 0.1) is 0 Å². The first-order valence-electron chi connectivity index (χ1n) is 6.70. The van der Waals surface area contributed by atoms with E-state index in [-0.39, 0.29) is 17.0 Å². The van der Waals surface area contributed by atoms with Crippen molar-refractivity contribution >= 4 is 11.9 Å². The first kappa shape index (κ1) is 15.4. The van der Waals surface area contributed by atoms with Gasteiger partial charge in [0.2, 0.25) is 0 Å². The largest absolute Gasteiger partial charge is 0.478 e. The summed E-state index contributed by atoms with van der Waals surface area (Å²) in [6, 6.07) is 5.82. The minimum Gasteiger partial charge on any atom is -0.478 e. The Kier molecular flexibility index (Phi) is 5.02. The quantitative estimate of drug-likeness (QED) is 0.767. The maximum absolute atomic E-state index is 11.8. The molecule has 0 aliphatic carbocycles. The molecule has 7 nitrogen and oxygen atoms in total. The molecule has 2 heterocycles. The lowest BCUT2D eigenvalue weighted by atomic mass is 10.2. The number of carbonyl (C=O) groups excluding carboxylic acids is 1. The number of amides is 1. The molecule has 114 valence electrons. The molecule has 0 saturated heterocycles. The molecule has 2 N–H and O–H groups in total. The second-order valence-electron chi connectivity index (χ2n) is 4.61. The average Bonchev–Trinajstić information content (AvgIpc) is 2.53. The number of aryl methyl sites for hydroxylation is 1. The van der Waals surface area contributed by atoms with E-state index in [0.717, 1.165) is 0 Å². The molecule has 22 heavy (non-hydrogen) atoms. The summed E-state index contributed by atoms with van der Waals surface area (Å²) in [5.41, 5.74) is 0.245. The Bertz CT molecular complexity index is 725. The van der Waals surface area contributed by atoms with Crippen molar-refractivity contribution in [2.45, 2.75) is 13.0 Å². The van der Waals surface area contributed by atoms with Crippen molar-refractivity contribution in [2.24, 2.45) is 0 Å². The van der Waals surface area contributed by atoms with Gasteiger partial charge in [0.15, 0.2) is 0 Å². The van der Waals surface area contributed by atoms with Crippen molar-refractivity contribution in [3.63, 3.8) is 0 Å². The van der Waals surface area contributed by atoms with Gasteiger partial charge in [0.25, 0.3) is 11.5 Å². The lowest BCUT2D eigenvalue weighted by Crippen LogP contribution is -2.27. The highest BCUT2D eigenvalue weighted by Crippen LogP contribution is 1.98. The smallest absolute Gasteiger partial charge is 0.337 e. The van der Waals surface area contributed by atoms with E-state index in [1.165, 1.54) is 29.1 Å². The normalized spacial score (nSPS) is 10.2. The number of rotatable bonds is 6. The summed E-state index contributed by atoms with van der Waals surface area (Å²) in [4.78, 5) is 38.1. The lowest BCUT2D eigenvalue weighted by Gasteiger charge is -2.08. The topological polar surface area (TPSA) is 101 Å². The Morgan fingerprint density at radius 3 is 2.73 bits per heavy atom. The van der Waals surface area contributed by atoms with E-state index >= 15 is 0 Å². The van der Waals surface area contributed by atoms with E-state index < -0.39 is 5.97 Å². The number of carbonyl (C=O) groups is 2. The predicted octanol–water partition coefficient (Wildman–Crippen LogP) is 0.762. The van der Waals surface area contributed by atoms with Crippen LogP contribution in [0.4, 0.5) is 0 Å². The first-order chi connectivity index (χ1) is 10.6. The third-order valence-electron chi connectivity index (χ3n) is 3.02. The molecule has 0 radical (unpaired) electrons. The van der Waals surface area contributed by atoms with Crippen molar-refractivity contribution in [3.05, 3.63) is 64.3 Å². The van der Waals surface area contributed by atoms with Gasteiger partial charge in [0.05, 0.1) is 11.1 Å². The van der Waals surface area contributed by atoms with Crippen LogP contribution < -0.4 is 10.9 Å². The van der Waals surface area contributed by atoms with Crippen LogP contribution in [0.1, 0.15) is 27.1 Å². The van der Waals surface area contributed by atoms with E-state index in [4.69, 9.17) is 5.11 Å². The Morgan fingerprint density at radius 2 is 2.05 bits per heavy atom. The second-order valence-corrected chi connectivity index (χ2v) is 4.61. The van der Waals surface area contributed by atoms with Crippen LogP contribution >= 0.6 is 0 Å². The molecule has 7 heteroatoms. The molecule has 0 aromatic carbocycles. The molecule has 0 saturated carbocycles. The molecule has 0 aliphatic heterocycles. The van der Waals surface area contributed by atoms with Crippen LogP contribution in [-0.2, 0) is 6.54 Å². The van der Waals surface area contributed by atoms with Gasteiger partial charge in [-0.25, -0.2) is 4.79 Å². The zero-order chi connectivity index (χ0) is 15.9. The number of aromatic carboxylic acids is 1. The van der Waals surface area contributed by atoms with Crippen molar-refractivity contribution in [1.82, 2.24) is 14.9 Å². The Balaban J connectivity index is 1.87. The van der Waals surface area contributed by atoms with Crippen molar-refractivity contribution in [1.29, 1.82) is 0 Å². The number of pyridine rings is 2. The van der Waals surface area contributed by atoms with Crippen molar-refractivity contribution in [3.8, 4) is 0 Å². The summed E-state index contributed by atoms with van der Waals surface area (Å²) < 4.78 is 1.32. The van der Waals surface area contributed by atoms with Crippen molar-refractivity contribution in [2.75, 3.05) is 6.54 Å². The molecule has 0 aliphatic rings. The zero-order valence-electron chi connectivity index (χ0n) is 11.7. The maximum atomic E-state index is 11.8. The van der Waals surface area contributed by atoms with Gasteiger partial charge >= 0.3 is 5.97 Å². The molecule has 2 aromatic heterocycles. The van der Waals surface area contributed by atoms with Crippen LogP contribution in [-0.4, -0.2) is 33.1 Å². The van der Waals surface area contributed by atoms with Gasteiger partial charge in [-0.2, -0.15) is 0 Å². The minimum absolute atomic E-state index is 0.0546. The molecule has 0 fully saturated rings. The number of carboxylic acids is 1. The Hall–Kier alpha value is -2.96. The van der Waals surface area contributed by atoms with E-state index in [0.29, 0.717) is 25.1 Å². The SMILES string of the molecule is O=C(O)c1ccc(=O)n(CCCNC(=O)c2cccnc2)c1. The first-order valence-corrected chi connectivity index (χ1v) is 6.70. The van der Waals surface area contributed by atoms with E-state index in [1.807, 2.05) is 0 Å². The molecular formula is C15H15N3O4. The summed E-state index contributed by atoms with van der Waals surface area (Å²) in [6.07, 6.45) is 4.86. The zero-order valence-corrected chi connectivity index (χ0v) is 11.7. The minimum atomic E-state index is -1.08. The highest BCUT2D eigenvalue weighted by molar-refractivity contribution is 5.93. The van der Waals surface area contributed by atoms with Crippen LogP contribution in [0.5, 0.6) is 0 Å². The molecule has 0 atom stereocenters. The summed E-state index contributed by atoms with van der Waals surface area (Å²) in [7, 11) is 0. The number of aromatic nitrogens is 2. The fraction of sp³-hybridized carbons (Fsp3) is 0.200. The molecule has 0 spiro atoms. The fourth-order valence-corrected chi connectivity index (χ4v) is 1.88. The van der Waals surface area contributed by atoms with E-state index in [1.54, 1.807) is 18.3 Å². The second kappa shape index (κ2) is 7.16. The van der Waals surface area contributed by atoms with Gasteiger partial charge in [-0.3, -0.25) is 14.6 Å². The van der Waals surface area contributed by atoms with Gasteiger partial charge in [-0.15, -0.1) is 0 Å². The summed E-state index contributed by atoms with van der Waals surface area (Å²) in [6.45, 7) is 0.699.